The van der Waals surface area contributed by atoms with Crippen molar-refractivity contribution < 1.29 is 14.3 Å². The molecular formula is C16H18O3. The van der Waals surface area contributed by atoms with Gasteiger partial charge >= 0.3 is 0 Å². The van der Waals surface area contributed by atoms with E-state index in [2.05, 4.69) is 0 Å². The lowest BCUT2D eigenvalue weighted by atomic mass is 9.79. The predicted molar refractivity (Wildman–Crippen MR) is 74.5 cm³/mol. The summed E-state index contributed by atoms with van der Waals surface area (Å²) in [6.45, 7) is 1.55. The number of benzene rings is 1. The quantitative estimate of drug-likeness (QED) is 0.833. The Morgan fingerprint density at radius 3 is 2.37 bits per heavy atom. The molecule has 0 aromatic heterocycles. The zero-order valence-corrected chi connectivity index (χ0v) is 11.5. The summed E-state index contributed by atoms with van der Waals surface area (Å²) in [5.74, 6) is 0.726. The third-order valence-corrected chi connectivity index (χ3v) is 3.56. The van der Waals surface area contributed by atoms with Crippen molar-refractivity contribution in [2.24, 2.45) is 0 Å². The second-order valence-electron chi connectivity index (χ2n) is 4.55. The van der Waals surface area contributed by atoms with E-state index in [9.17, 15) is 4.79 Å². The molecule has 0 amide bonds. The standard InChI is InChI=1S/C16H18O3/c1-12(17)16(19-3)11-14(18-2)9-10-15(16)13-7-5-4-6-8-13/h4-10H,11H2,1-3H3. The van der Waals surface area contributed by atoms with Crippen LogP contribution in [0.1, 0.15) is 18.9 Å². The van der Waals surface area contributed by atoms with Crippen molar-refractivity contribution in [2.45, 2.75) is 18.9 Å². The van der Waals surface area contributed by atoms with E-state index in [0.717, 1.165) is 16.9 Å². The molecular weight excluding hydrogens is 240 g/mol. The van der Waals surface area contributed by atoms with E-state index < -0.39 is 5.60 Å². The second-order valence-corrected chi connectivity index (χ2v) is 4.55. The van der Waals surface area contributed by atoms with E-state index in [1.165, 1.54) is 0 Å². The lowest BCUT2D eigenvalue weighted by Crippen LogP contribution is -2.42. The molecule has 0 fully saturated rings. The van der Waals surface area contributed by atoms with Gasteiger partial charge in [0.15, 0.2) is 11.4 Å². The first kappa shape index (κ1) is 13.6. The molecule has 1 aliphatic carbocycles. The molecule has 0 aliphatic heterocycles. The summed E-state index contributed by atoms with van der Waals surface area (Å²) >= 11 is 0. The Bertz CT molecular complexity index is 528. The molecule has 0 bridgehead atoms. The van der Waals surface area contributed by atoms with Crippen LogP contribution in [0.2, 0.25) is 0 Å². The van der Waals surface area contributed by atoms with Gasteiger partial charge in [0.05, 0.1) is 12.9 Å². The van der Waals surface area contributed by atoms with Gasteiger partial charge in [0, 0.05) is 13.5 Å². The van der Waals surface area contributed by atoms with Gasteiger partial charge in [-0.2, -0.15) is 0 Å². The molecule has 0 saturated carbocycles. The van der Waals surface area contributed by atoms with E-state index in [4.69, 9.17) is 9.47 Å². The highest BCUT2D eigenvalue weighted by Gasteiger charge is 2.42. The topological polar surface area (TPSA) is 35.5 Å². The van der Waals surface area contributed by atoms with Crippen molar-refractivity contribution in [2.75, 3.05) is 14.2 Å². The Balaban J connectivity index is 2.56. The van der Waals surface area contributed by atoms with Crippen molar-refractivity contribution in [1.29, 1.82) is 0 Å². The minimum absolute atomic E-state index is 0.0206. The maximum absolute atomic E-state index is 12.1. The van der Waals surface area contributed by atoms with Gasteiger partial charge in [0.1, 0.15) is 0 Å². The molecule has 19 heavy (non-hydrogen) atoms. The first-order valence-electron chi connectivity index (χ1n) is 6.21. The van der Waals surface area contributed by atoms with Crippen LogP contribution in [-0.2, 0) is 14.3 Å². The number of ether oxygens (including phenoxy) is 2. The second kappa shape index (κ2) is 5.41. The van der Waals surface area contributed by atoms with E-state index in [1.807, 2.05) is 42.5 Å². The number of Topliss-reactive ketones (excluding diaryl/α,β-unsaturated/α-hetero) is 1. The molecule has 0 radical (unpaired) electrons. The fourth-order valence-corrected chi connectivity index (χ4v) is 2.44. The minimum Gasteiger partial charge on any atom is -0.501 e. The van der Waals surface area contributed by atoms with Gasteiger partial charge in [-0.3, -0.25) is 4.79 Å². The number of methoxy groups -OCH3 is 2. The van der Waals surface area contributed by atoms with Gasteiger partial charge in [-0.15, -0.1) is 0 Å². The van der Waals surface area contributed by atoms with E-state index >= 15 is 0 Å². The van der Waals surface area contributed by atoms with Gasteiger partial charge in [-0.25, -0.2) is 0 Å². The van der Waals surface area contributed by atoms with Crippen LogP contribution in [0.25, 0.3) is 5.57 Å². The Kier molecular flexibility index (Phi) is 3.86. The Labute approximate surface area is 113 Å². The molecule has 1 aliphatic rings. The van der Waals surface area contributed by atoms with Crippen LogP contribution in [0, 0.1) is 0 Å². The normalized spacial score (nSPS) is 22.5. The highest BCUT2D eigenvalue weighted by atomic mass is 16.5. The summed E-state index contributed by atoms with van der Waals surface area (Å²) in [6.07, 6.45) is 4.22. The molecule has 3 heteroatoms. The van der Waals surface area contributed by atoms with E-state index in [-0.39, 0.29) is 5.78 Å². The number of allylic oxidation sites excluding steroid dienone is 2. The number of hydrogen-bond acceptors (Lipinski definition) is 3. The van der Waals surface area contributed by atoms with Crippen molar-refractivity contribution in [3.63, 3.8) is 0 Å². The Morgan fingerprint density at radius 1 is 1.16 bits per heavy atom. The van der Waals surface area contributed by atoms with Crippen LogP contribution in [0.15, 0.2) is 48.2 Å². The van der Waals surface area contributed by atoms with Crippen molar-refractivity contribution in [3.8, 4) is 0 Å². The van der Waals surface area contributed by atoms with Gasteiger partial charge < -0.3 is 9.47 Å². The summed E-state index contributed by atoms with van der Waals surface area (Å²) < 4.78 is 10.9. The number of ketones is 1. The monoisotopic (exact) mass is 258 g/mol. The minimum atomic E-state index is -0.957. The summed E-state index contributed by atoms with van der Waals surface area (Å²) in [6, 6.07) is 9.81. The van der Waals surface area contributed by atoms with Gasteiger partial charge in [-0.05, 0) is 24.1 Å². The molecule has 2 rings (SSSR count). The molecule has 3 nitrogen and oxygen atoms in total. The maximum Gasteiger partial charge on any atom is 0.166 e. The van der Waals surface area contributed by atoms with Crippen LogP contribution in [0.4, 0.5) is 0 Å². The molecule has 1 aromatic rings. The zero-order chi connectivity index (χ0) is 13.9. The van der Waals surface area contributed by atoms with Crippen LogP contribution >= 0.6 is 0 Å². The summed E-state index contributed by atoms with van der Waals surface area (Å²) in [4.78, 5) is 12.1. The number of hydrogen-bond donors (Lipinski definition) is 0. The lowest BCUT2D eigenvalue weighted by Gasteiger charge is -2.35. The molecule has 1 aromatic carbocycles. The molecule has 0 heterocycles. The average Bonchev–Trinajstić information content (AvgIpc) is 2.47. The van der Waals surface area contributed by atoms with Crippen LogP contribution in [-0.4, -0.2) is 25.6 Å². The highest BCUT2D eigenvalue weighted by Crippen LogP contribution is 2.39. The molecule has 0 saturated heterocycles. The van der Waals surface area contributed by atoms with Crippen molar-refractivity contribution >= 4 is 11.4 Å². The lowest BCUT2D eigenvalue weighted by molar-refractivity contribution is -0.133. The first-order valence-corrected chi connectivity index (χ1v) is 6.21. The molecule has 0 N–H and O–H groups in total. The SMILES string of the molecule is COC1=CC=C(c2ccccc2)C(OC)(C(C)=O)C1. The summed E-state index contributed by atoms with van der Waals surface area (Å²) in [5.41, 5.74) is 0.913. The molecule has 0 spiro atoms. The predicted octanol–water partition coefficient (Wildman–Crippen LogP) is 2.98. The number of carbonyl (C=O) groups is 1. The number of carbonyl (C=O) groups excluding carboxylic acids is 1. The van der Waals surface area contributed by atoms with Gasteiger partial charge in [-0.1, -0.05) is 36.4 Å². The number of rotatable bonds is 4. The third-order valence-electron chi connectivity index (χ3n) is 3.56. The smallest absolute Gasteiger partial charge is 0.166 e. The summed E-state index contributed by atoms with van der Waals surface area (Å²) in [5, 5.41) is 0. The van der Waals surface area contributed by atoms with Crippen molar-refractivity contribution in [1.82, 2.24) is 0 Å². The Morgan fingerprint density at radius 2 is 1.84 bits per heavy atom. The third kappa shape index (κ3) is 2.34. The first-order chi connectivity index (χ1) is 9.14. The highest BCUT2D eigenvalue weighted by molar-refractivity contribution is 6.00. The Hall–Kier alpha value is -1.87. The van der Waals surface area contributed by atoms with Crippen LogP contribution < -0.4 is 0 Å². The van der Waals surface area contributed by atoms with Crippen LogP contribution in [0.3, 0.4) is 0 Å². The summed E-state index contributed by atoms with van der Waals surface area (Å²) in [7, 11) is 3.17. The van der Waals surface area contributed by atoms with Gasteiger partial charge in [0.25, 0.3) is 0 Å². The molecule has 100 valence electrons. The largest absolute Gasteiger partial charge is 0.501 e. The zero-order valence-electron chi connectivity index (χ0n) is 11.5. The van der Waals surface area contributed by atoms with Crippen LogP contribution in [0.5, 0.6) is 0 Å². The van der Waals surface area contributed by atoms with E-state index in [1.54, 1.807) is 21.1 Å². The maximum atomic E-state index is 12.1. The van der Waals surface area contributed by atoms with Crippen molar-refractivity contribution in [3.05, 3.63) is 53.8 Å². The van der Waals surface area contributed by atoms with Gasteiger partial charge in [0.2, 0.25) is 0 Å². The van der Waals surface area contributed by atoms with E-state index in [0.29, 0.717) is 6.42 Å². The molecule has 1 atom stereocenters. The molecule has 1 unspecified atom stereocenters. The average molecular weight is 258 g/mol. The fourth-order valence-electron chi connectivity index (χ4n) is 2.44. The fraction of sp³-hybridized carbons (Fsp3) is 0.312.